The number of anilines is 2. The number of hydrogen-bond donors (Lipinski definition) is 1. The molecule has 1 saturated heterocycles. The van der Waals surface area contributed by atoms with E-state index in [9.17, 15) is 4.79 Å². The first kappa shape index (κ1) is 19.4. The van der Waals surface area contributed by atoms with Gasteiger partial charge in [-0.3, -0.25) is 4.79 Å². The van der Waals surface area contributed by atoms with E-state index in [0.29, 0.717) is 33.9 Å². The molecule has 0 bridgehead atoms. The summed E-state index contributed by atoms with van der Waals surface area (Å²) in [6.45, 7) is 7.82. The molecule has 27 heavy (non-hydrogen) atoms. The Labute approximate surface area is 164 Å². The van der Waals surface area contributed by atoms with Gasteiger partial charge >= 0.3 is 0 Å². The highest BCUT2D eigenvalue weighted by atomic mass is 35.5. The van der Waals surface area contributed by atoms with E-state index in [0.717, 1.165) is 30.9 Å². The van der Waals surface area contributed by atoms with Crippen LogP contribution in [0.25, 0.3) is 0 Å². The van der Waals surface area contributed by atoms with Crippen molar-refractivity contribution in [2.75, 3.05) is 30.4 Å². The number of aromatic nitrogens is 2. The van der Waals surface area contributed by atoms with Crippen LogP contribution in [0, 0.1) is 19.8 Å². The van der Waals surface area contributed by atoms with Gasteiger partial charge in [-0.2, -0.15) is 0 Å². The second-order valence-corrected chi connectivity index (χ2v) is 7.52. The zero-order valence-corrected chi connectivity index (χ0v) is 16.9. The molecular formula is C20H25ClN4O2. The van der Waals surface area contributed by atoms with Gasteiger partial charge < -0.3 is 15.0 Å². The van der Waals surface area contributed by atoms with Crippen LogP contribution < -0.4 is 15.0 Å². The Hall–Kier alpha value is -2.34. The summed E-state index contributed by atoms with van der Waals surface area (Å²) in [6.07, 6.45) is 2.36. The number of benzene rings is 1. The van der Waals surface area contributed by atoms with Crippen LogP contribution in [-0.4, -0.2) is 36.1 Å². The summed E-state index contributed by atoms with van der Waals surface area (Å²) in [5, 5.41) is 3.47. The summed E-state index contributed by atoms with van der Waals surface area (Å²) in [5.41, 5.74) is 1.76. The lowest BCUT2D eigenvalue weighted by Crippen LogP contribution is -2.35. The number of ether oxygens (including phenoxy) is 1. The third-order valence-corrected chi connectivity index (χ3v) is 5.17. The summed E-state index contributed by atoms with van der Waals surface area (Å²) in [7, 11) is 1.54. The Balaban J connectivity index is 1.86. The van der Waals surface area contributed by atoms with E-state index in [-0.39, 0.29) is 5.91 Å². The van der Waals surface area contributed by atoms with Gasteiger partial charge in [-0.25, -0.2) is 9.97 Å². The van der Waals surface area contributed by atoms with Crippen LogP contribution in [0.4, 0.5) is 11.5 Å². The molecule has 1 fully saturated rings. The van der Waals surface area contributed by atoms with Crippen LogP contribution in [0.2, 0.25) is 5.02 Å². The summed E-state index contributed by atoms with van der Waals surface area (Å²) in [5.74, 6) is 2.21. The van der Waals surface area contributed by atoms with E-state index in [2.05, 4.69) is 27.1 Å². The second-order valence-electron chi connectivity index (χ2n) is 7.11. The van der Waals surface area contributed by atoms with Crippen molar-refractivity contribution in [2.24, 2.45) is 5.92 Å². The van der Waals surface area contributed by atoms with Crippen molar-refractivity contribution in [2.45, 2.75) is 33.6 Å². The highest BCUT2D eigenvalue weighted by Gasteiger charge is 2.20. The fourth-order valence-corrected chi connectivity index (χ4v) is 3.50. The number of carbonyl (C=O) groups is 1. The molecule has 144 valence electrons. The Morgan fingerprint density at radius 3 is 2.78 bits per heavy atom. The minimum Gasteiger partial charge on any atom is -0.495 e. The predicted molar refractivity (Wildman–Crippen MR) is 108 cm³/mol. The fraction of sp³-hybridized carbons (Fsp3) is 0.450. The fourth-order valence-electron chi connectivity index (χ4n) is 3.34. The molecule has 1 amide bonds. The summed E-state index contributed by atoms with van der Waals surface area (Å²) < 4.78 is 5.33. The number of carbonyl (C=O) groups excluding carboxylic acids is 1. The minimum atomic E-state index is -0.299. The molecule has 6 nitrogen and oxygen atoms in total. The number of methoxy groups -OCH3 is 1. The van der Waals surface area contributed by atoms with Crippen molar-refractivity contribution in [1.29, 1.82) is 0 Å². The number of rotatable bonds is 4. The lowest BCUT2D eigenvalue weighted by molar-refractivity contribution is 0.102. The predicted octanol–water partition coefficient (Wildman–Crippen LogP) is 4.24. The molecule has 1 aromatic heterocycles. The van der Waals surface area contributed by atoms with E-state index in [1.807, 2.05) is 6.92 Å². The van der Waals surface area contributed by atoms with Crippen LogP contribution >= 0.6 is 11.6 Å². The summed E-state index contributed by atoms with van der Waals surface area (Å²) in [4.78, 5) is 23.9. The zero-order chi connectivity index (χ0) is 19.6. The zero-order valence-electron chi connectivity index (χ0n) is 16.2. The van der Waals surface area contributed by atoms with Gasteiger partial charge in [0.05, 0.1) is 12.8 Å². The Morgan fingerprint density at radius 2 is 2.07 bits per heavy atom. The largest absolute Gasteiger partial charge is 0.495 e. The van der Waals surface area contributed by atoms with Gasteiger partial charge in [-0.15, -0.1) is 0 Å². The first-order valence-electron chi connectivity index (χ1n) is 9.13. The molecule has 1 N–H and O–H groups in total. The maximum Gasteiger partial charge on any atom is 0.274 e. The molecule has 0 aliphatic carbocycles. The maximum absolute atomic E-state index is 12.8. The van der Waals surface area contributed by atoms with Gasteiger partial charge in [-0.05, 0) is 44.2 Å². The summed E-state index contributed by atoms with van der Waals surface area (Å²) in [6, 6.07) is 5.24. The second kappa shape index (κ2) is 8.13. The molecule has 0 saturated carbocycles. The van der Waals surface area contributed by atoms with E-state index >= 15 is 0 Å². The number of aryl methyl sites for hydroxylation is 2. The quantitative estimate of drug-likeness (QED) is 0.848. The average Bonchev–Trinajstić information content (AvgIpc) is 2.64. The van der Waals surface area contributed by atoms with Crippen molar-refractivity contribution in [1.82, 2.24) is 9.97 Å². The van der Waals surface area contributed by atoms with E-state index in [1.165, 1.54) is 6.42 Å². The van der Waals surface area contributed by atoms with Gasteiger partial charge in [0.15, 0.2) is 0 Å². The Morgan fingerprint density at radius 1 is 1.30 bits per heavy atom. The number of hydrogen-bond acceptors (Lipinski definition) is 5. The molecule has 3 rings (SSSR count). The molecule has 1 aliphatic rings. The lowest BCUT2D eigenvalue weighted by Gasteiger charge is -2.32. The number of piperidine rings is 1. The Bertz CT molecular complexity index is 856. The molecule has 0 spiro atoms. The third kappa shape index (κ3) is 4.50. The van der Waals surface area contributed by atoms with Crippen molar-refractivity contribution >= 4 is 29.0 Å². The van der Waals surface area contributed by atoms with Gasteiger partial charge in [0, 0.05) is 30.2 Å². The van der Waals surface area contributed by atoms with Crippen LogP contribution in [0.3, 0.4) is 0 Å². The first-order chi connectivity index (χ1) is 12.9. The lowest BCUT2D eigenvalue weighted by atomic mass is 10.0. The van der Waals surface area contributed by atoms with E-state index in [1.54, 1.807) is 32.2 Å². The van der Waals surface area contributed by atoms with Crippen LogP contribution in [0.1, 0.15) is 41.6 Å². The van der Waals surface area contributed by atoms with Crippen molar-refractivity contribution in [3.05, 3.63) is 40.3 Å². The van der Waals surface area contributed by atoms with Gasteiger partial charge in [0.2, 0.25) is 0 Å². The SMILES string of the molecule is COc1cc(Cl)c(C)cc1NC(=O)c1cc(N2CCCC(C)C2)nc(C)n1. The molecule has 2 aromatic rings. The molecular weight excluding hydrogens is 364 g/mol. The number of halogens is 1. The number of nitrogens with zero attached hydrogens (tertiary/aromatic N) is 3. The van der Waals surface area contributed by atoms with Gasteiger partial charge in [0.25, 0.3) is 5.91 Å². The molecule has 0 radical (unpaired) electrons. The number of amides is 1. The van der Waals surface area contributed by atoms with Crippen LogP contribution in [0.15, 0.2) is 18.2 Å². The maximum atomic E-state index is 12.8. The minimum absolute atomic E-state index is 0.299. The van der Waals surface area contributed by atoms with Crippen molar-refractivity contribution < 1.29 is 9.53 Å². The molecule has 1 aromatic carbocycles. The monoisotopic (exact) mass is 388 g/mol. The Kier molecular flexibility index (Phi) is 5.85. The van der Waals surface area contributed by atoms with Crippen LogP contribution in [0.5, 0.6) is 5.75 Å². The highest BCUT2D eigenvalue weighted by molar-refractivity contribution is 6.31. The molecule has 1 unspecified atom stereocenters. The van der Waals surface area contributed by atoms with Gasteiger partial charge in [-0.1, -0.05) is 18.5 Å². The summed E-state index contributed by atoms with van der Waals surface area (Å²) >= 11 is 6.14. The third-order valence-electron chi connectivity index (χ3n) is 4.77. The molecule has 1 atom stereocenters. The van der Waals surface area contributed by atoms with Crippen molar-refractivity contribution in [3.8, 4) is 5.75 Å². The van der Waals surface area contributed by atoms with Crippen LogP contribution in [-0.2, 0) is 0 Å². The van der Waals surface area contributed by atoms with Crippen molar-refractivity contribution in [3.63, 3.8) is 0 Å². The van der Waals surface area contributed by atoms with E-state index in [4.69, 9.17) is 16.3 Å². The standard InChI is InChI=1S/C20H25ClN4O2/c1-12-6-5-7-25(11-12)19-10-17(22-14(3)23-19)20(26)24-16-8-13(2)15(21)9-18(16)27-4/h8-10,12H,5-7,11H2,1-4H3,(H,24,26). The molecule has 1 aliphatic heterocycles. The average molecular weight is 389 g/mol. The normalized spacial score (nSPS) is 16.9. The smallest absolute Gasteiger partial charge is 0.274 e. The van der Waals surface area contributed by atoms with E-state index < -0.39 is 0 Å². The van der Waals surface area contributed by atoms with Gasteiger partial charge in [0.1, 0.15) is 23.1 Å². The molecule has 2 heterocycles. The topological polar surface area (TPSA) is 67.3 Å². The highest BCUT2D eigenvalue weighted by Crippen LogP contribution is 2.31. The first-order valence-corrected chi connectivity index (χ1v) is 9.51. The number of nitrogens with one attached hydrogen (secondary N) is 1. The molecule has 7 heteroatoms.